The Labute approximate surface area is 348 Å². The first-order chi connectivity index (χ1) is 28.4. The molecule has 60 heavy (non-hydrogen) atoms. The van der Waals surface area contributed by atoms with Crippen molar-refractivity contribution in [2.45, 2.75) is 121 Å². The summed E-state index contributed by atoms with van der Waals surface area (Å²) in [5.41, 5.74) is -0.369. The van der Waals surface area contributed by atoms with Gasteiger partial charge in [0.2, 0.25) is 23.5 Å². The summed E-state index contributed by atoms with van der Waals surface area (Å²) in [7, 11) is -4.48. The first kappa shape index (κ1) is 48.5. The molecule has 21 heteroatoms. The quantitative estimate of drug-likeness (QED) is 0.0558. The Kier molecular flexibility index (Phi) is 18.6. The average Bonchev–Trinajstić information content (AvgIpc) is 3.22. The number of nitro groups is 1. The molecular formula is C39H55N9O11S. The van der Waals surface area contributed by atoms with Gasteiger partial charge in [0.25, 0.3) is 33.4 Å². The Morgan fingerprint density at radius 1 is 0.817 bits per heavy atom. The lowest BCUT2D eigenvalue weighted by Gasteiger charge is -2.31. The van der Waals surface area contributed by atoms with Crippen LogP contribution in [0.3, 0.4) is 0 Å². The normalized spacial score (nSPS) is 15.6. The van der Waals surface area contributed by atoms with Crippen LogP contribution in [0.4, 0.5) is 5.69 Å². The van der Waals surface area contributed by atoms with Crippen LogP contribution >= 0.6 is 0 Å². The van der Waals surface area contributed by atoms with Gasteiger partial charge >= 0.3 is 0 Å². The fourth-order valence-corrected chi connectivity index (χ4v) is 7.56. The van der Waals surface area contributed by atoms with Gasteiger partial charge in [-0.1, -0.05) is 73.1 Å². The van der Waals surface area contributed by atoms with Gasteiger partial charge < -0.3 is 26.6 Å². The second-order valence-corrected chi connectivity index (χ2v) is 16.9. The van der Waals surface area contributed by atoms with Gasteiger partial charge in [0.15, 0.2) is 0 Å². The molecule has 20 nitrogen and oxygen atoms in total. The van der Waals surface area contributed by atoms with Gasteiger partial charge in [-0.2, -0.15) is 0 Å². The Morgan fingerprint density at radius 3 is 2.02 bits per heavy atom. The number of non-ortho nitro benzene ring substituents is 1. The third-order valence-electron chi connectivity index (χ3n) is 10.1. The summed E-state index contributed by atoms with van der Waals surface area (Å²) >= 11 is 0. The molecule has 0 saturated heterocycles. The Bertz CT molecular complexity index is 1960. The molecule has 6 amide bonds. The third-order valence-corrected chi connectivity index (χ3v) is 11.5. The van der Waals surface area contributed by atoms with Crippen molar-refractivity contribution in [2.24, 2.45) is 17.8 Å². The predicted molar refractivity (Wildman–Crippen MR) is 216 cm³/mol. The lowest BCUT2D eigenvalue weighted by molar-refractivity contribution is -0.384. The van der Waals surface area contributed by atoms with E-state index < -0.39 is 97.7 Å². The Morgan fingerprint density at radius 2 is 1.45 bits per heavy atom. The van der Waals surface area contributed by atoms with E-state index in [0.29, 0.717) is 6.42 Å². The molecule has 0 bridgehead atoms. The maximum absolute atomic E-state index is 14.1. The zero-order valence-electron chi connectivity index (χ0n) is 34.4. The summed E-state index contributed by atoms with van der Waals surface area (Å²) in [6.07, 6.45) is 9.33. The monoisotopic (exact) mass is 857 g/mol. The number of carbonyl (C=O) groups is 7. The number of amides is 6. The van der Waals surface area contributed by atoms with Gasteiger partial charge in [0.1, 0.15) is 23.8 Å². The van der Waals surface area contributed by atoms with Crippen molar-refractivity contribution < 1.29 is 46.9 Å². The van der Waals surface area contributed by atoms with E-state index in [1.54, 1.807) is 11.6 Å². The molecule has 1 heterocycles. The van der Waals surface area contributed by atoms with Crippen molar-refractivity contribution in [1.82, 2.24) is 41.3 Å². The van der Waals surface area contributed by atoms with Gasteiger partial charge in [-0.25, -0.2) is 18.1 Å². The van der Waals surface area contributed by atoms with Crippen LogP contribution in [0, 0.1) is 27.9 Å². The molecule has 328 valence electrons. The molecule has 1 aromatic heterocycles. The van der Waals surface area contributed by atoms with Crippen LogP contribution in [0.5, 0.6) is 0 Å². The molecule has 0 radical (unpaired) electrons. The van der Waals surface area contributed by atoms with E-state index >= 15 is 0 Å². The molecule has 5 atom stereocenters. The van der Waals surface area contributed by atoms with Gasteiger partial charge in [0.05, 0.1) is 28.6 Å². The number of nitrogens with one attached hydrogen (secondary N) is 6. The first-order valence-electron chi connectivity index (χ1n) is 20.0. The van der Waals surface area contributed by atoms with Crippen molar-refractivity contribution in [3.05, 3.63) is 58.7 Å². The molecule has 1 aliphatic carbocycles. The Hall–Kier alpha value is -5.86. The smallest absolute Gasteiger partial charge is 0.290 e. The minimum atomic E-state index is -4.48. The van der Waals surface area contributed by atoms with Crippen LogP contribution in [-0.4, -0.2) is 95.2 Å². The molecule has 0 spiro atoms. The van der Waals surface area contributed by atoms with E-state index in [0.717, 1.165) is 56.4 Å². The van der Waals surface area contributed by atoms with Crippen LogP contribution in [0.1, 0.15) is 103 Å². The summed E-state index contributed by atoms with van der Waals surface area (Å²) in [5.74, 6) is -6.69. The molecule has 6 N–H and O–H groups in total. The van der Waals surface area contributed by atoms with E-state index in [-0.39, 0.29) is 42.5 Å². The number of benzene rings is 1. The van der Waals surface area contributed by atoms with Crippen molar-refractivity contribution in [3.8, 4) is 0 Å². The van der Waals surface area contributed by atoms with E-state index in [2.05, 4.69) is 31.2 Å². The maximum Gasteiger partial charge on any atom is 0.290 e. The van der Waals surface area contributed by atoms with Gasteiger partial charge in [-0.15, -0.1) is 0 Å². The SMILES string of the molecule is CC[C@H](NC(=O)[C@H](CC1CCCCC1)NC(=O)[C@@H](NC(=O)[C@H](CC(C)C)NC(=O)c1cnccn1)[C@@H](C)CC)C(=O)C(=O)NCC(=O)NS(=O)(=O)c1ccc([N+](=O)[O-])cc1. The molecular weight excluding hydrogens is 803 g/mol. The zero-order valence-corrected chi connectivity index (χ0v) is 35.2. The van der Waals surface area contributed by atoms with Crippen molar-refractivity contribution in [2.75, 3.05) is 6.54 Å². The number of nitrogens with zero attached hydrogens (tertiary/aromatic N) is 3. The predicted octanol–water partition coefficient (Wildman–Crippen LogP) is 1.60. The van der Waals surface area contributed by atoms with Crippen molar-refractivity contribution in [3.63, 3.8) is 0 Å². The lowest BCUT2D eigenvalue weighted by Crippen LogP contribution is -2.60. The number of aromatic nitrogens is 2. The van der Waals surface area contributed by atoms with Gasteiger partial charge in [0, 0.05) is 24.5 Å². The topological polar surface area (TPSA) is 295 Å². The van der Waals surface area contributed by atoms with Crippen LogP contribution in [0.25, 0.3) is 0 Å². The number of sulfonamides is 1. The maximum atomic E-state index is 14.1. The van der Waals surface area contributed by atoms with Crippen molar-refractivity contribution >= 4 is 56.9 Å². The minimum Gasteiger partial charge on any atom is -0.344 e. The molecule has 0 aliphatic heterocycles. The van der Waals surface area contributed by atoms with Crippen LogP contribution in [0.15, 0.2) is 47.8 Å². The van der Waals surface area contributed by atoms with Gasteiger partial charge in [-0.05, 0) is 49.1 Å². The van der Waals surface area contributed by atoms with Crippen molar-refractivity contribution in [1.29, 1.82) is 0 Å². The third kappa shape index (κ3) is 14.8. The summed E-state index contributed by atoms with van der Waals surface area (Å²) in [4.78, 5) is 111. The number of nitro benzene ring substituents is 1. The van der Waals surface area contributed by atoms with E-state index in [9.17, 15) is 52.1 Å². The average molecular weight is 858 g/mol. The highest BCUT2D eigenvalue weighted by Gasteiger charge is 2.36. The standard InChI is InChI=1S/C39H55N9O11S/c1-6-24(5)33(46-36(52)29(19-23(3)4)44-37(53)31-21-40-17-18-41-31)38(54)45-30(20-25-11-9-8-10-12-25)35(51)43-28(7-2)34(50)39(55)42-22-32(49)47-60(58,59)27-15-13-26(14-16-27)48(56)57/h13-18,21,23-25,28-30,33H,6-12,19-20,22H2,1-5H3,(H,42,55)(H,43,51)(H,44,53)(H,45,54)(H,46,52)(H,47,49)/t24-,28-,29-,30-,33-/m0/s1. The number of ketones is 1. The van der Waals surface area contributed by atoms with Crippen LogP contribution < -0.4 is 31.3 Å². The molecule has 0 unspecified atom stereocenters. The lowest BCUT2D eigenvalue weighted by atomic mass is 9.84. The summed E-state index contributed by atoms with van der Waals surface area (Å²) in [5, 5.41) is 23.7. The highest BCUT2D eigenvalue weighted by Crippen LogP contribution is 2.28. The minimum absolute atomic E-state index is 0.00554. The zero-order chi connectivity index (χ0) is 44.6. The molecule has 1 fully saturated rings. The molecule has 2 aromatic rings. The number of Topliss-reactive ketones (excluding diaryl/α,β-unsaturated/α-hetero) is 1. The van der Waals surface area contributed by atoms with Crippen LogP contribution in [0.2, 0.25) is 0 Å². The summed E-state index contributed by atoms with van der Waals surface area (Å²) < 4.78 is 26.8. The highest BCUT2D eigenvalue weighted by molar-refractivity contribution is 7.90. The second kappa shape index (κ2) is 23.1. The number of hydrogen-bond donors (Lipinski definition) is 6. The number of rotatable bonds is 22. The van der Waals surface area contributed by atoms with Crippen LogP contribution in [-0.2, 0) is 38.8 Å². The molecule has 3 rings (SSSR count). The molecule has 1 aliphatic rings. The summed E-state index contributed by atoms with van der Waals surface area (Å²) in [6.45, 7) is 7.92. The Balaban J connectivity index is 1.72. The first-order valence-corrected chi connectivity index (χ1v) is 21.4. The van der Waals surface area contributed by atoms with E-state index in [1.165, 1.54) is 25.5 Å². The fourth-order valence-electron chi connectivity index (χ4n) is 6.58. The van der Waals surface area contributed by atoms with Gasteiger partial charge in [-0.3, -0.25) is 48.7 Å². The molecule has 1 saturated carbocycles. The fraction of sp³-hybridized carbons (Fsp3) is 0.564. The number of carbonyl (C=O) groups excluding carboxylic acids is 7. The number of hydrogen-bond acceptors (Lipinski definition) is 13. The second-order valence-electron chi connectivity index (χ2n) is 15.2. The largest absolute Gasteiger partial charge is 0.344 e. The molecule has 1 aromatic carbocycles. The highest BCUT2D eigenvalue weighted by atomic mass is 32.2. The summed E-state index contributed by atoms with van der Waals surface area (Å²) in [6, 6.07) is -1.02. The van der Waals surface area contributed by atoms with E-state index in [1.807, 2.05) is 26.1 Å². The van der Waals surface area contributed by atoms with E-state index in [4.69, 9.17) is 0 Å².